The Hall–Kier alpha value is -2.75. The number of esters is 1. The van der Waals surface area contributed by atoms with E-state index in [4.69, 9.17) is 9.47 Å². The molecule has 1 aromatic heterocycles. The third kappa shape index (κ3) is 2.44. The van der Waals surface area contributed by atoms with E-state index < -0.39 is 6.04 Å². The SMILES string of the molecule is COC(=O)C(c1ccccc1)n1ccc2cc(OC)ccc21. The van der Waals surface area contributed by atoms with Crippen molar-refractivity contribution >= 4 is 16.9 Å². The molecule has 4 nitrogen and oxygen atoms in total. The first kappa shape index (κ1) is 14.2. The van der Waals surface area contributed by atoms with Gasteiger partial charge < -0.3 is 14.0 Å². The van der Waals surface area contributed by atoms with Crippen LogP contribution in [0.5, 0.6) is 5.75 Å². The van der Waals surface area contributed by atoms with Gasteiger partial charge in [-0.25, -0.2) is 4.79 Å². The zero-order valence-corrected chi connectivity index (χ0v) is 12.5. The van der Waals surface area contributed by atoms with Gasteiger partial charge in [0.15, 0.2) is 6.04 Å². The van der Waals surface area contributed by atoms with Crippen LogP contribution in [0.4, 0.5) is 0 Å². The molecule has 0 aliphatic rings. The topological polar surface area (TPSA) is 40.5 Å². The molecular formula is C18H17NO3. The standard InChI is InChI=1S/C18H17NO3/c1-21-15-8-9-16-14(12-15)10-11-19(16)17(18(20)22-2)13-6-4-3-5-7-13/h3-12,17H,1-2H3. The van der Waals surface area contributed by atoms with Crippen molar-refractivity contribution < 1.29 is 14.3 Å². The van der Waals surface area contributed by atoms with Gasteiger partial charge in [0.25, 0.3) is 0 Å². The predicted molar refractivity (Wildman–Crippen MR) is 85.1 cm³/mol. The molecule has 3 aromatic rings. The average molecular weight is 295 g/mol. The smallest absolute Gasteiger partial charge is 0.333 e. The summed E-state index contributed by atoms with van der Waals surface area (Å²) < 4.78 is 12.2. The molecule has 0 saturated carbocycles. The maximum absolute atomic E-state index is 12.3. The highest BCUT2D eigenvalue weighted by Crippen LogP contribution is 2.28. The van der Waals surface area contributed by atoms with Crippen LogP contribution < -0.4 is 4.74 Å². The second-order valence-corrected chi connectivity index (χ2v) is 4.98. The van der Waals surface area contributed by atoms with E-state index in [1.165, 1.54) is 7.11 Å². The normalized spacial score (nSPS) is 12.1. The van der Waals surface area contributed by atoms with Crippen LogP contribution in [0.3, 0.4) is 0 Å². The molecule has 3 rings (SSSR count). The Morgan fingerprint density at radius 2 is 1.82 bits per heavy atom. The van der Waals surface area contributed by atoms with Gasteiger partial charge in [-0.15, -0.1) is 0 Å². The first-order chi connectivity index (χ1) is 10.7. The third-order valence-corrected chi connectivity index (χ3v) is 3.75. The zero-order chi connectivity index (χ0) is 15.5. The second kappa shape index (κ2) is 5.93. The molecule has 1 atom stereocenters. The summed E-state index contributed by atoms with van der Waals surface area (Å²) in [4.78, 5) is 12.3. The fourth-order valence-corrected chi connectivity index (χ4v) is 2.65. The molecule has 0 amide bonds. The average Bonchev–Trinajstić information content (AvgIpc) is 2.98. The van der Waals surface area contributed by atoms with Gasteiger partial charge in [-0.3, -0.25) is 0 Å². The van der Waals surface area contributed by atoms with E-state index in [1.54, 1.807) is 7.11 Å². The summed E-state index contributed by atoms with van der Waals surface area (Å²) >= 11 is 0. The lowest BCUT2D eigenvalue weighted by Gasteiger charge is -2.18. The molecule has 0 aliphatic carbocycles. The van der Waals surface area contributed by atoms with Crippen LogP contribution in [-0.4, -0.2) is 24.8 Å². The molecule has 1 heterocycles. The fraction of sp³-hybridized carbons (Fsp3) is 0.167. The van der Waals surface area contributed by atoms with Crippen molar-refractivity contribution in [3.63, 3.8) is 0 Å². The molecule has 0 N–H and O–H groups in total. The van der Waals surface area contributed by atoms with E-state index in [2.05, 4.69) is 0 Å². The van der Waals surface area contributed by atoms with Crippen molar-refractivity contribution in [1.29, 1.82) is 0 Å². The summed E-state index contributed by atoms with van der Waals surface area (Å²) in [5.41, 5.74) is 1.85. The molecule has 112 valence electrons. The van der Waals surface area contributed by atoms with Crippen LogP contribution >= 0.6 is 0 Å². The number of rotatable bonds is 4. The van der Waals surface area contributed by atoms with Gasteiger partial charge in [0, 0.05) is 17.1 Å². The summed E-state index contributed by atoms with van der Waals surface area (Å²) in [6.07, 6.45) is 1.90. The van der Waals surface area contributed by atoms with Crippen molar-refractivity contribution in [2.75, 3.05) is 14.2 Å². The number of carbonyl (C=O) groups excluding carboxylic acids is 1. The number of ether oxygens (including phenoxy) is 2. The number of hydrogen-bond acceptors (Lipinski definition) is 3. The molecule has 0 fully saturated rings. The van der Waals surface area contributed by atoms with Gasteiger partial charge in [-0.1, -0.05) is 30.3 Å². The third-order valence-electron chi connectivity index (χ3n) is 3.75. The highest BCUT2D eigenvalue weighted by Gasteiger charge is 2.24. The van der Waals surface area contributed by atoms with E-state index in [1.807, 2.05) is 65.4 Å². The van der Waals surface area contributed by atoms with Gasteiger partial charge >= 0.3 is 5.97 Å². The van der Waals surface area contributed by atoms with Gasteiger partial charge in [-0.05, 0) is 29.8 Å². The van der Waals surface area contributed by atoms with E-state index in [9.17, 15) is 4.79 Å². The van der Waals surface area contributed by atoms with Gasteiger partial charge in [0.1, 0.15) is 5.75 Å². The number of benzene rings is 2. The molecule has 0 saturated heterocycles. The Morgan fingerprint density at radius 1 is 1.05 bits per heavy atom. The van der Waals surface area contributed by atoms with Crippen LogP contribution in [0, 0.1) is 0 Å². The van der Waals surface area contributed by atoms with Crippen molar-refractivity contribution in [2.24, 2.45) is 0 Å². The predicted octanol–water partition coefficient (Wildman–Crippen LogP) is 3.41. The lowest BCUT2D eigenvalue weighted by molar-refractivity contribution is -0.143. The van der Waals surface area contributed by atoms with Crippen molar-refractivity contribution in [3.8, 4) is 5.75 Å². The van der Waals surface area contributed by atoms with Gasteiger partial charge in [0.05, 0.1) is 14.2 Å². The minimum absolute atomic E-state index is 0.292. The quantitative estimate of drug-likeness (QED) is 0.693. The Bertz CT molecular complexity index is 792. The van der Waals surface area contributed by atoms with Crippen molar-refractivity contribution in [2.45, 2.75) is 6.04 Å². The molecule has 22 heavy (non-hydrogen) atoms. The Morgan fingerprint density at radius 3 is 2.50 bits per heavy atom. The van der Waals surface area contributed by atoms with Gasteiger partial charge in [-0.2, -0.15) is 0 Å². The maximum atomic E-state index is 12.3. The number of nitrogens with zero attached hydrogens (tertiary/aromatic N) is 1. The summed E-state index contributed by atoms with van der Waals surface area (Å²) in [5, 5.41) is 1.02. The fourth-order valence-electron chi connectivity index (χ4n) is 2.65. The number of aromatic nitrogens is 1. The minimum atomic E-state index is -0.503. The first-order valence-corrected chi connectivity index (χ1v) is 7.02. The molecule has 0 aliphatic heterocycles. The summed E-state index contributed by atoms with van der Waals surface area (Å²) in [5.74, 6) is 0.499. The number of carbonyl (C=O) groups is 1. The first-order valence-electron chi connectivity index (χ1n) is 7.02. The molecular weight excluding hydrogens is 278 g/mol. The largest absolute Gasteiger partial charge is 0.497 e. The van der Waals surface area contributed by atoms with E-state index in [0.717, 1.165) is 22.2 Å². The van der Waals surface area contributed by atoms with Crippen LogP contribution in [0.1, 0.15) is 11.6 Å². The zero-order valence-electron chi connectivity index (χ0n) is 12.5. The van der Waals surface area contributed by atoms with Crippen LogP contribution in [0.15, 0.2) is 60.8 Å². The monoisotopic (exact) mass is 295 g/mol. The maximum Gasteiger partial charge on any atom is 0.333 e. The molecule has 1 unspecified atom stereocenters. The van der Waals surface area contributed by atoms with Gasteiger partial charge in [0.2, 0.25) is 0 Å². The minimum Gasteiger partial charge on any atom is -0.497 e. The van der Waals surface area contributed by atoms with Crippen LogP contribution in [0.25, 0.3) is 10.9 Å². The van der Waals surface area contributed by atoms with Crippen LogP contribution in [-0.2, 0) is 9.53 Å². The van der Waals surface area contributed by atoms with E-state index >= 15 is 0 Å². The number of methoxy groups -OCH3 is 2. The molecule has 0 spiro atoms. The van der Waals surface area contributed by atoms with Crippen molar-refractivity contribution in [3.05, 3.63) is 66.4 Å². The van der Waals surface area contributed by atoms with Crippen LogP contribution in [0.2, 0.25) is 0 Å². The van der Waals surface area contributed by atoms with Crippen molar-refractivity contribution in [1.82, 2.24) is 4.57 Å². The highest BCUT2D eigenvalue weighted by molar-refractivity contribution is 5.86. The molecule has 0 radical (unpaired) electrons. The Kier molecular flexibility index (Phi) is 3.83. The Labute approximate surface area is 128 Å². The summed E-state index contributed by atoms with van der Waals surface area (Å²) in [6, 6.07) is 16.9. The second-order valence-electron chi connectivity index (χ2n) is 4.98. The number of fused-ring (bicyclic) bond motifs is 1. The highest BCUT2D eigenvalue weighted by atomic mass is 16.5. The summed E-state index contributed by atoms with van der Waals surface area (Å²) in [6.45, 7) is 0. The molecule has 2 aromatic carbocycles. The Balaban J connectivity index is 2.14. The lowest BCUT2D eigenvalue weighted by Crippen LogP contribution is -2.21. The number of hydrogen-bond donors (Lipinski definition) is 0. The molecule has 0 bridgehead atoms. The molecule has 4 heteroatoms. The lowest BCUT2D eigenvalue weighted by atomic mass is 10.1. The van der Waals surface area contributed by atoms with E-state index in [0.29, 0.717) is 0 Å². The summed E-state index contributed by atoms with van der Waals surface area (Å²) in [7, 11) is 3.05. The van der Waals surface area contributed by atoms with E-state index in [-0.39, 0.29) is 5.97 Å².